The van der Waals surface area contributed by atoms with E-state index in [1.807, 2.05) is 0 Å². The zero-order valence-electron chi connectivity index (χ0n) is 13.8. The molecule has 21 heavy (non-hydrogen) atoms. The molecule has 2 aliphatic carbocycles. The predicted molar refractivity (Wildman–Crippen MR) is 87.0 cm³/mol. The second-order valence-corrected chi connectivity index (χ2v) is 7.29. The lowest BCUT2D eigenvalue weighted by molar-refractivity contribution is -0.122. The zero-order valence-corrected chi connectivity index (χ0v) is 13.8. The second-order valence-electron chi connectivity index (χ2n) is 7.29. The Bertz CT molecular complexity index is 322. The first-order valence-corrected chi connectivity index (χ1v) is 8.85. The van der Waals surface area contributed by atoms with Crippen LogP contribution in [0.4, 0.5) is 0 Å². The molecule has 0 aromatic heterocycles. The first-order valence-electron chi connectivity index (χ1n) is 8.85. The highest BCUT2D eigenvalue weighted by atomic mass is 16.1. The summed E-state index contributed by atoms with van der Waals surface area (Å²) in [6.45, 7) is 6.21. The van der Waals surface area contributed by atoms with Crippen molar-refractivity contribution in [3.8, 4) is 0 Å². The van der Waals surface area contributed by atoms with Crippen molar-refractivity contribution in [2.24, 2.45) is 11.7 Å². The standard InChI is InChI=1S/C17H33N3O/c1-13(2)9-10-20(15-5-3-4-6-15)16(12-18)11-17(21)19-14-7-8-14/h13-16H,3-12,18H2,1-2H3,(H,19,21). The van der Waals surface area contributed by atoms with Gasteiger partial charge in [-0.2, -0.15) is 0 Å². The van der Waals surface area contributed by atoms with Gasteiger partial charge in [-0.1, -0.05) is 26.7 Å². The second kappa shape index (κ2) is 8.14. The minimum atomic E-state index is 0.195. The summed E-state index contributed by atoms with van der Waals surface area (Å²) in [6, 6.07) is 1.31. The van der Waals surface area contributed by atoms with Crippen LogP contribution in [0.3, 0.4) is 0 Å². The Hall–Kier alpha value is -0.610. The summed E-state index contributed by atoms with van der Waals surface area (Å²) >= 11 is 0. The van der Waals surface area contributed by atoms with Crippen molar-refractivity contribution in [3.63, 3.8) is 0 Å². The third-order valence-corrected chi connectivity index (χ3v) is 4.86. The molecule has 122 valence electrons. The molecular formula is C17H33N3O. The third-order valence-electron chi connectivity index (χ3n) is 4.86. The summed E-state index contributed by atoms with van der Waals surface area (Å²) in [5.41, 5.74) is 6.02. The molecule has 1 unspecified atom stereocenters. The molecule has 0 heterocycles. The van der Waals surface area contributed by atoms with Crippen LogP contribution in [-0.4, -0.2) is 42.0 Å². The van der Waals surface area contributed by atoms with Gasteiger partial charge in [-0.3, -0.25) is 9.69 Å². The Balaban J connectivity index is 1.91. The fourth-order valence-electron chi connectivity index (χ4n) is 3.37. The summed E-state index contributed by atoms with van der Waals surface area (Å²) in [5, 5.41) is 3.11. The molecule has 3 N–H and O–H groups in total. The number of nitrogens with two attached hydrogens (primary N) is 1. The third kappa shape index (κ3) is 5.59. The van der Waals surface area contributed by atoms with E-state index in [1.54, 1.807) is 0 Å². The molecule has 0 aromatic carbocycles. The van der Waals surface area contributed by atoms with Crippen molar-refractivity contribution in [2.45, 2.75) is 83.3 Å². The van der Waals surface area contributed by atoms with E-state index < -0.39 is 0 Å². The van der Waals surface area contributed by atoms with Gasteiger partial charge >= 0.3 is 0 Å². The van der Waals surface area contributed by atoms with E-state index in [4.69, 9.17) is 5.73 Å². The minimum absolute atomic E-state index is 0.195. The van der Waals surface area contributed by atoms with Crippen LogP contribution in [0.2, 0.25) is 0 Å². The van der Waals surface area contributed by atoms with Gasteiger partial charge in [0.15, 0.2) is 0 Å². The van der Waals surface area contributed by atoms with Crippen LogP contribution in [0.25, 0.3) is 0 Å². The lowest BCUT2D eigenvalue weighted by Gasteiger charge is -2.36. The molecule has 4 heteroatoms. The molecule has 0 spiro atoms. The number of amides is 1. The van der Waals surface area contributed by atoms with Gasteiger partial charge in [0.05, 0.1) is 0 Å². The van der Waals surface area contributed by atoms with Crippen molar-refractivity contribution >= 4 is 5.91 Å². The number of hydrogen-bond donors (Lipinski definition) is 2. The average molecular weight is 295 g/mol. The molecule has 1 amide bonds. The molecule has 0 aliphatic heterocycles. The highest BCUT2D eigenvalue weighted by molar-refractivity contribution is 5.77. The van der Waals surface area contributed by atoms with Gasteiger partial charge in [0.1, 0.15) is 0 Å². The van der Waals surface area contributed by atoms with Crippen molar-refractivity contribution in [1.82, 2.24) is 10.2 Å². The molecule has 2 aliphatic rings. The maximum Gasteiger partial charge on any atom is 0.221 e. The van der Waals surface area contributed by atoms with Crippen molar-refractivity contribution in [2.75, 3.05) is 13.1 Å². The molecule has 0 bridgehead atoms. The van der Waals surface area contributed by atoms with Gasteiger partial charge in [-0.15, -0.1) is 0 Å². The van der Waals surface area contributed by atoms with E-state index in [1.165, 1.54) is 32.1 Å². The normalized spacial score (nSPS) is 21.2. The number of nitrogens with one attached hydrogen (secondary N) is 1. The van der Waals surface area contributed by atoms with E-state index in [0.29, 0.717) is 31.0 Å². The monoisotopic (exact) mass is 295 g/mol. The molecule has 1 atom stereocenters. The summed E-state index contributed by atoms with van der Waals surface area (Å²) in [5.74, 6) is 0.896. The van der Waals surface area contributed by atoms with Crippen molar-refractivity contribution in [3.05, 3.63) is 0 Å². The predicted octanol–water partition coefficient (Wildman–Crippen LogP) is 2.27. The maximum absolute atomic E-state index is 12.1. The fraction of sp³-hybridized carbons (Fsp3) is 0.941. The number of carbonyl (C=O) groups is 1. The van der Waals surface area contributed by atoms with Gasteiger partial charge in [0.25, 0.3) is 0 Å². The van der Waals surface area contributed by atoms with Crippen LogP contribution in [-0.2, 0) is 4.79 Å². The minimum Gasteiger partial charge on any atom is -0.353 e. The Labute approximate surface area is 129 Å². The Morgan fingerprint density at radius 3 is 2.43 bits per heavy atom. The SMILES string of the molecule is CC(C)CCN(C1CCCC1)C(CN)CC(=O)NC1CC1. The van der Waals surface area contributed by atoms with Gasteiger partial charge in [-0.25, -0.2) is 0 Å². The van der Waals surface area contributed by atoms with Crippen LogP contribution in [0.5, 0.6) is 0 Å². The first-order chi connectivity index (χ1) is 10.1. The Kier molecular flexibility index (Phi) is 6.49. The summed E-state index contributed by atoms with van der Waals surface area (Å²) in [6.07, 6.45) is 9.27. The number of nitrogens with zero attached hydrogens (tertiary/aromatic N) is 1. The van der Waals surface area contributed by atoms with Crippen LogP contribution in [0, 0.1) is 5.92 Å². The molecule has 0 saturated heterocycles. The number of hydrogen-bond acceptors (Lipinski definition) is 3. The maximum atomic E-state index is 12.1. The van der Waals surface area contributed by atoms with Gasteiger partial charge in [-0.05, 0) is 44.6 Å². The number of rotatable bonds is 9. The van der Waals surface area contributed by atoms with Crippen LogP contribution >= 0.6 is 0 Å². The van der Waals surface area contributed by atoms with Crippen LogP contribution in [0.15, 0.2) is 0 Å². The number of carbonyl (C=O) groups excluding carboxylic acids is 1. The molecule has 2 fully saturated rings. The van der Waals surface area contributed by atoms with Gasteiger partial charge < -0.3 is 11.1 Å². The largest absolute Gasteiger partial charge is 0.353 e. The molecular weight excluding hydrogens is 262 g/mol. The zero-order chi connectivity index (χ0) is 15.2. The van der Waals surface area contributed by atoms with E-state index in [0.717, 1.165) is 19.4 Å². The van der Waals surface area contributed by atoms with Crippen molar-refractivity contribution < 1.29 is 4.79 Å². The van der Waals surface area contributed by atoms with E-state index in [9.17, 15) is 4.79 Å². The molecule has 0 aromatic rings. The van der Waals surface area contributed by atoms with E-state index >= 15 is 0 Å². The molecule has 4 nitrogen and oxygen atoms in total. The van der Waals surface area contributed by atoms with Gasteiger partial charge in [0.2, 0.25) is 5.91 Å². The summed E-state index contributed by atoms with van der Waals surface area (Å²) in [4.78, 5) is 14.7. The van der Waals surface area contributed by atoms with Crippen molar-refractivity contribution in [1.29, 1.82) is 0 Å². The summed E-state index contributed by atoms with van der Waals surface area (Å²) in [7, 11) is 0. The average Bonchev–Trinajstić information content (AvgIpc) is 3.08. The van der Waals surface area contributed by atoms with E-state index in [-0.39, 0.29) is 11.9 Å². The smallest absolute Gasteiger partial charge is 0.221 e. The van der Waals surface area contributed by atoms with Gasteiger partial charge in [0, 0.05) is 31.1 Å². The lowest BCUT2D eigenvalue weighted by atomic mass is 10.0. The molecule has 2 rings (SSSR count). The topological polar surface area (TPSA) is 58.4 Å². The summed E-state index contributed by atoms with van der Waals surface area (Å²) < 4.78 is 0. The quantitative estimate of drug-likeness (QED) is 0.686. The van der Waals surface area contributed by atoms with Crippen LogP contribution in [0.1, 0.15) is 65.2 Å². The fourth-order valence-corrected chi connectivity index (χ4v) is 3.37. The molecule has 2 saturated carbocycles. The highest BCUT2D eigenvalue weighted by Crippen LogP contribution is 2.27. The Morgan fingerprint density at radius 1 is 1.24 bits per heavy atom. The molecule has 0 radical (unpaired) electrons. The van der Waals surface area contributed by atoms with E-state index in [2.05, 4.69) is 24.1 Å². The lowest BCUT2D eigenvalue weighted by Crippen LogP contribution is -2.49. The van der Waals surface area contributed by atoms with Crippen LogP contribution < -0.4 is 11.1 Å². The Morgan fingerprint density at radius 2 is 1.90 bits per heavy atom. The first kappa shape index (κ1) is 16.8. The highest BCUT2D eigenvalue weighted by Gasteiger charge is 2.30.